The monoisotopic (exact) mass is 529 g/mol. The van der Waals surface area contributed by atoms with Crippen molar-refractivity contribution in [2.45, 2.75) is 32.9 Å². The number of imide groups is 1. The lowest BCUT2D eigenvalue weighted by atomic mass is 10.1. The highest BCUT2D eigenvalue weighted by atomic mass is 16.3. The van der Waals surface area contributed by atoms with Gasteiger partial charge in [0.25, 0.3) is 11.8 Å². The van der Waals surface area contributed by atoms with Gasteiger partial charge in [0.2, 0.25) is 11.8 Å². The highest BCUT2D eigenvalue weighted by Gasteiger charge is 2.44. The Balaban J connectivity index is 1.29. The maximum absolute atomic E-state index is 13.8. The molecule has 3 amide bonds. The predicted octanol–water partition coefficient (Wildman–Crippen LogP) is 6.09. The third kappa shape index (κ3) is 4.78. The molecule has 4 aromatic carbocycles. The van der Waals surface area contributed by atoms with Crippen LogP contribution in [-0.2, 0) is 16.1 Å². The van der Waals surface area contributed by atoms with E-state index in [-0.39, 0.29) is 24.8 Å². The number of benzene rings is 4. The van der Waals surface area contributed by atoms with Gasteiger partial charge >= 0.3 is 0 Å². The number of rotatable bonds is 6. The summed E-state index contributed by atoms with van der Waals surface area (Å²) in [5, 5.41) is 0. The minimum absolute atomic E-state index is 0.0882. The summed E-state index contributed by atoms with van der Waals surface area (Å²) in [5.41, 5.74) is 6.00. The van der Waals surface area contributed by atoms with Crippen molar-refractivity contribution < 1.29 is 18.8 Å². The van der Waals surface area contributed by atoms with Crippen molar-refractivity contribution in [3.8, 4) is 11.5 Å². The second-order valence-corrected chi connectivity index (χ2v) is 10.1. The normalized spacial score (nSPS) is 15.2. The molecule has 1 atom stereocenters. The summed E-state index contributed by atoms with van der Waals surface area (Å²) in [6, 6.07) is 28.6. The number of hydrogen-bond acceptors (Lipinski definition) is 5. The predicted molar refractivity (Wildman–Crippen MR) is 153 cm³/mol. The first-order valence-corrected chi connectivity index (χ1v) is 13.1. The van der Waals surface area contributed by atoms with Crippen LogP contribution in [0, 0.1) is 13.8 Å². The first-order chi connectivity index (χ1) is 19.4. The lowest BCUT2D eigenvalue weighted by molar-refractivity contribution is -0.122. The highest BCUT2D eigenvalue weighted by Crippen LogP contribution is 2.31. The number of aryl methyl sites for hydroxylation is 2. The molecule has 0 bridgehead atoms. The van der Waals surface area contributed by atoms with Gasteiger partial charge in [-0.1, -0.05) is 59.7 Å². The van der Waals surface area contributed by atoms with Crippen LogP contribution in [0.2, 0.25) is 0 Å². The summed E-state index contributed by atoms with van der Waals surface area (Å²) in [6.45, 7) is 4.12. The molecule has 1 fully saturated rings. The van der Waals surface area contributed by atoms with Crippen LogP contribution in [0.3, 0.4) is 0 Å². The molecule has 6 rings (SSSR count). The number of nitrogens with zero attached hydrogens (tertiary/aromatic N) is 3. The van der Waals surface area contributed by atoms with Crippen molar-refractivity contribution in [3.63, 3.8) is 0 Å². The van der Waals surface area contributed by atoms with Gasteiger partial charge in [-0.15, -0.1) is 0 Å². The van der Waals surface area contributed by atoms with Gasteiger partial charge in [-0.2, -0.15) is 0 Å². The fraction of sp³-hybridized carbons (Fsp3) is 0.152. The molecule has 1 aliphatic heterocycles. The highest BCUT2D eigenvalue weighted by molar-refractivity contribution is 6.23. The van der Waals surface area contributed by atoms with E-state index in [1.54, 1.807) is 36.4 Å². The van der Waals surface area contributed by atoms with Crippen LogP contribution < -0.4 is 4.90 Å². The summed E-state index contributed by atoms with van der Waals surface area (Å²) >= 11 is 0. The summed E-state index contributed by atoms with van der Waals surface area (Å²) in [7, 11) is 0. The van der Waals surface area contributed by atoms with E-state index in [9.17, 15) is 14.4 Å². The molecule has 7 heteroatoms. The molecular formula is C33H27N3O4. The standard InChI is InChI=1S/C33H27N3O4/c1-21-10-12-23(13-11-21)20-35(32(38)25-7-5-6-22(2)18-25)28-19-30(37)36(33(28)39)26-16-14-24(15-17-26)31-34-27-8-3-4-9-29(27)40-31/h3-18,28H,19-20H2,1-2H3. The Morgan fingerprint density at radius 2 is 1.65 bits per heavy atom. The van der Waals surface area contributed by atoms with Gasteiger partial charge in [-0.25, -0.2) is 9.88 Å². The second-order valence-electron chi connectivity index (χ2n) is 10.1. The van der Waals surface area contributed by atoms with Crippen molar-refractivity contribution in [2.24, 2.45) is 0 Å². The largest absolute Gasteiger partial charge is 0.436 e. The number of oxazole rings is 1. The first kappa shape index (κ1) is 25.2. The zero-order valence-electron chi connectivity index (χ0n) is 22.2. The third-order valence-corrected chi connectivity index (χ3v) is 7.16. The molecule has 198 valence electrons. The Labute approximate surface area is 231 Å². The van der Waals surface area contributed by atoms with Crippen molar-refractivity contribution in [1.82, 2.24) is 9.88 Å². The van der Waals surface area contributed by atoms with Gasteiger partial charge in [-0.05, 0) is 67.9 Å². The number of hydrogen-bond donors (Lipinski definition) is 0. The number of fused-ring (bicyclic) bond motifs is 1. The van der Waals surface area contributed by atoms with Gasteiger partial charge in [0.15, 0.2) is 5.58 Å². The van der Waals surface area contributed by atoms with E-state index >= 15 is 0 Å². The zero-order valence-corrected chi connectivity index (χ0v) is 22.2. The van der Waals surface area contributed by atoms with Crippen LogP contribution >= 0.6 is 0 Å². The molecule has 1 aromatic heterocycles. The van der Waals surface area contributed by atoms with Crippen LogP contribution in [0.5, 0.6) is 0 Å². The van der Waals surface area contributed by atoms with E-state index < -0.39 is 11.9 Å². The quantitative estimate of drug-likeness (QED) is 0.249. The molecule has 1 saturated heterocycles. The fourth-order valence-electron chi connectivity index (χ4n) is 5.04. The molecule has 2 heterocycles. The fourth-order valence-corrected chi connectivity index (χ4v) is 5.04. The number of carbonyl (C=O) groups is 3. The Morgan fingerprint density at radius 3 is 2.38 bits per heavy atom. The van der Waals surface area contributed by atoms with E-state index in [0.717, 1.165) is 27.8 Å². The number of carbonyl (C=O) groups excluding carboxylic acids is 3. The molecule has 0 radical (unpaired) electrons. The number of anilines is 1. The van der Waals surface area contributed by atoms with E-state index in [0.29, 0.717) is 22.7 Å². The number of amides is 3. The lowest BCUT2D eigenvalue weighted by Gasteiger charge is -2.28. The van der Waals surface area contributed by atoms with E-state index in [1.807, 2.05) is 74.5 Å². The Morgan fingerprint density at radius 1 is 0.900 bits per heavy atom. The first-order valence-electron chi connectivity index (χ1n) is 13.1. The van der Waals surface area contributed by atoms with Crippen LogP contribution in [0.4, 0.5) is 5.69 Å². The molecule has 7 nitrogen and oxygen atoms in total. The smallest absolute Gasteiger partial charge is 0.257 e. The SMILES string of the molecule is Cc1ccc(CN(C(=O)c2cccc(C)c2)C2CC(=O)N(c3ccc(-c4nc5ccccc5o4)cc3)C2=O)cc1. The summed E-state index contributed by atoms with van der Waals surface area (Å²) in [6.07, 6.45) is -0.0882. The third-order valence-electron chi connectivity index (χ3n) is 7.16. The van der Waals surface area contributed by atoms with E-state index in [2.05, 4.69) is 4.98 Å². The van der Waals surface area contributed by atoms with Gasteiger partial charge < -0.3 is 9.32 Å². The maximum Gasteiger partial charge on any atom is 0.257 e. The van der Waals surface area contributed by atoms with Gasteiger partial charge in [0, 0.05) is 17.7 Å². The zero-order chi connectivity index (χ0) is 27.8. The van der Waals surface area contributed by atoms with Crippen LogP contribution in [0.15, 0.2) is 101 Å². The molecule has 1 aliphatic rings. The van der Waals surface area contributed by atoms with Crippen molar-refractivity contribution in [1.29, 1.82) is 0 Å². The van der Waals surface area contributed by atoms with Crippen molar-refractivity contribution in [3.05, 3.63) is 119 Å². The average Bonchev–Trinajstić information content (AvgIpc) is 3.53. The van der Waals surface area contributed by atoms with Crippen LogP contribution in [0.25, 0.3) is 22.6 Å². The molecule has 0 spiro atoms. The van der Waals surface area contributed by atoms with Crippen LogP contribution in [-0.4, -0.2) is 33.6 Å². The minimum atomic E-state index is -0.918. The lowest BCUT2D eigenvalue weighted by Crippen LogP contribution is -2.45. The summed E-state index contributed by atoms with van der Waals surface area (Å²) < 4.78 is 5.85. The number of para-hydroxylation sites is 2. The molecule has 0 aliphatic carbocycles. The van der Waals surface area contributed by atoms with Gasteiger partial charge in [0.05, 0.1) is 12.1 Å². The van der Waals surface area contributed by atoms with Crippen LogP contribution in [0.1, 0.15) is 33.5 Å². The van der Waals surface area contributed by atoms with Crippen molar-refractivity contribution >= 4 is 34.5 Å². The van der Waals surface area contributed by atoms with Gasteiger partial charge in [-0.3, -0.25) is 14.4 Å². The van der Waals surface area contributed by atoms with Gasteiger partial charge in [0.1, 0.15) is 11.6 Å². The molecular weight excluding hydrogens is 502 g/mol. The molecule has 1 unspecified atom stereocenters. The summed E-state index contributed by atoms with van der Waals surface area (Å²) in [4.78, 5) is 47.9. The average molecular weight is 530 g/mol. The minimum Gasteiger partial charge on any atom is -0.436 e. The Bertz CT molecular complexity index is 1710. The second kappa shape index (κ2) is 10.3. The molecule has 40 heavy (non-hydrogen) atoms. The molecule has 0 N–H and O–H groups in total. The maximum atomic E-state index is 13.8. The molecule has 0 saturated carbocycles. The summed E-state index contributed by atoms with van der Waals surface area (Å²) in [5.74, 6) is -0.607. The van der Waals surface area contributed by atoms with Crippen molar-refractivity contribution in [2.75, 3.05) is 4.90 Å². The van der Waals surface area contributed by atoms with E-state index in [4.69, 9.17) is 4.42 Å². The Hall–Kier alpha value is -5.04. The number of aromatic nitrogens is 1. The Kier molecular flexibility index (Phi) is 6.48. The topological polar surface area (TPSA) is 83.7 Å². The molecule has 5 aromatic rings. The van der Waals surface area contributed by atoms with E-state index in [1.165, 1.54) is 9.80 Å².